The molecule has 2 aromatic carbocycles. The van der Waals surface area contributed by atoms with Crippen molar-refractivity contribution >= 4 is 11.6 Å². The number of hydrogen-bond donors (Lipinski definition) is 2. The van der Waals surface area contributed by atoms with Crippen LogP contribution in [0.15, 0.2) is 84.6 Å². The lowest BCUT2D eigenvalue weighted by Gasteiger charge is -2.28. The fourth-order valence-electron chi connectivity index (χ4n) is 4.01. The number of fused-ring (bicyclic) bond motifs is 1. The minimum absolute atomic E-state index is 0.232. The van der Waals surface area contributed by atoms with Crippen molar-refractivity contribution in [3.05, 3.63) is 101 Å². The van der Waals surface area contributed by atoms with Crippen LogP contribution in [0.3, 0.4) is 0 Å². The van der Waals surface area contributed by atoms with Crippen LogP contribution in [0.2, 0.25) is 0 Å². The number of carbonyl (C=O) groups excluding carboxylic acids is 1. The highest BCUT2D eigenvalue weighted by Gasteiger charge is 2.30. The molecule has 0 aromatic heterocycles. The molecule has 0 fully saturated rings. The summed E-state index contributed by atoms with van der Waals surface area (Å²) in [7, 11) is 0. The number of carbonyl (C=O) groups is 1. The van der Waals surface area contributed by atoms with Gasteiger partial charge in [0, 0.05) is 12.2 Å². The molecule has 7 heteroatoms. The molecule has 1 aliphatic rings. The zero-order chi connectivity index (χ0) is 24.7. The predicted octanol–water partition coefficient (Wildman–Crippen LogP) is 5.51. The number of hydrogen-bond acceptors (Lipinski definition) is 3. The van der Waals surface area contributed by atoms with Gasteiger partial charge in [0.05, 0.1) is 0 Å². The van der Waals surface area contributed by atoms with Crippen LogP contribution in [0.4, 0.5) is 18.9 Å². The van der Waals surface area contributed by atoms with E-state index in [2.05, 4.69) is 12.6 Å². The maximum absolute atomic E-state index is 13.5. The third-order valence-electron chi connectivity index (χ3n) is 6.03. The molecule has 0 heterocycles. The number of alkyl halides is 3. The summed E-state index contributed by atoms with van der Waals surface area (Å²) in [4.78, 5) is 15.1. The molecule has 0 saturated heterocycles. The summed E-state index contributed by atoms with van der Waals surface area (Å²) in [5.74, 6) is -0.282. The Labute approximate surface area is 198 Å². The predicted molar refractivity (Wildman–Crippen MR) is 130 cm³/mol. The molecular weight excluding hydrogens is 439 g/mol. The molecule has 1 amide bonds. The molecule has 1 aliphatic carbocycles. The Hall–Kier alpha value is -3.32. The van der Waals surface area contributed by atoms with Gasteiger partial charge in [-0.1, -0.05) is 55.1 Å². The van der Waals surface area contributed by atoms with E-state index in [1.165, 1.54) is 23.3 Å². The molecule has 3 rings (SSSR count). The first-order valence-corrected chi connectivity index (χ1v) is 11.3. The van der Waals surface area contributed by atoms with Gasteiger partial charge < -0.3 is 16.4 Å². The van der Waals surface area contributed by atoms with Crippen molar-refractivity contribution < 1.29 is 18.0 Å². The summed E-state index contributed by atoms with van der Waals surface area (Å²) in [6.45, 7) is 3.92. The SMILES string of the molecule is C=C/C(=C\C=C(/N)C(F)(F)F)CCN(C(=O)[C@@H](N)c1ccccc1)c1ccc2c(c1)CCCC2. The first kappa shape index (κ1) is 25.3. The van der Waals surface area contributed by atoms with Crippen molar-refractivity contribution in [2.24, 2.45) is 11.5 Å². The van der Waals surface area contributed by atoms with Crippen molar-refractivity contribution in [2.45, 2.75) is 44.3 Å². The molecular formula is C27H30F3N3O. The molecule has 180 valence electrons. The van der Waals surface area contributed by atoms with Gasteiger partial charge in [-0.05, 0) is 72.6 Å². The van der Waals surface area contributed by atoms with Crippen molar-refractivity contribution in [3.8, 4) is 0 Å². The second-order valence-corrected chi connectivity index (χ2v) is 8.35. The summed E-state index contributed by atoms with van der Waals surface area (Å²) in [5, 5.41) is 0. The number of nitrogens with zero attached hydrogens (tertiary/aromatic N) is 1. The first-order valence-electron chi connectivity index (χ1n) is 11.3. The summed E-state index contributed by atoms with van der Waals surface area (Å²) in [5.41, 5.74) is 14.7. The zero-order valence-corrected chi connectivity index (χ0v) is 19.0. The number of allylic oxidation sites excluding steroid dienone is 4. The lowest BCUT2D eigenvalue weighted by molar-refractivity contribution is -0.120. The molecule has 0 saturated carbocycles. The van der Waals surface area contributed by atoms with E-state index in [0.29, 0.717) is 11.1 Å². The smallest absolute Gasteiger partial charge is 0.395 e. The maximum atomic E-state index is 13.5. The van der Waals surface area contributed by atoms with Gasteiger partial charge >= 0.3 is 6.18 Å². The molecule has 1 atom stereocenters. The van der Waals surface area contributed by atoms with Gasteiger partial charge in [-0.15, -0.1) is 0 Å². The second kappa shape index (κ2) is 11.2. The van der Waals surface area contributed by atoms with E-state index in [-0.39, 0.29) is 18.9 Å². The normalized spacial score (nSPS) is 15.4. The zero-order valence-electron chi connectivity index (χ0n) is 19.0. The minimum atomic E-state index is -4.60. The van der Waals surface area contributed by atoms with Crippen LogP contribution in [-0.4, -0.2) is 18.6 Å². The minimum Gasteiger partial charge on any atom is -0.395 e. The van der Waals surface area contributed by atoms with Crippen LogP contribution in [0.25, 0.3) is 0 Å². The molecule has 0 bridgehead atoms. The average molecular weight is 470 g/mol. The van der Waals surface area contributed by atoms with Gasteiger partial charge in [0.2, 0.25) is 5.91 Å². The summed E-state index contributed by atoms with van der Waals surface area (Å²) >= 11 is 0. The third kappa shape index (κ3) is 6.38. The number of halogens is 3. The van der Waals surface area contributed by atoms with Gasteiger partial charge in [0.1, 0.15) is 11.7 Å². The second-order valence-electron chi connectivity index (χ2n) is 8.35. The fraction of sp³-hybridized carbons (Fsp3) is 0.296. The topological polar surface area (TPSA) is 72.3 Å². The molecule has 0 radical (unpaired) electrons. The number of nitrogens with two attached hydrogens (primary N) is 2. The quantitative estimate of drug-likeness (QED) is 0.501. The molecule has 0 spiro atoms. The van der Waals surface area contributed by atoms with Crippen LogP contribution in [-0.2, 0) is 17.6 Å². The van der Waals surface area contributed by atoms with Gasteiger partial charge in [-0.2, -0.15) is 13.2 Å². The molecule has 0 unspecified atom stereocenters. The van der Waals surface area contributed by atoms with E-state index in [0.717, 1.165) is 37.4 Å². The Balaban J connectivity index is 1.88. The lowest BCUT2D eigenvalue weighted by atomic mass is 9.91. The summed E-state index contributed by atoms with van der Waals surface area (Å²) < 4.78 is 38.2. The molecule has 0 aliphatic heterocycles. The number of aryl methyl sites for hydroxylation is 2. The first-order chi connectivity index (χ1) is 16.2. The van der Waals surface area contributed by atoms with E-state index in [9.17, 15) is 18.0 Å². The molecule has 4 N–H and O–H groups in total. The largest absolute Gasteiger partial charge is 0.430 e. The van der Waals surface area contributed by atoms with Crippen LogP contribution >= 0.6 is 0 Å². The lowest BCUT2D eigenvalue weighted by Crippen LogP contribution is -2.39. The molecule has 4 nitrogen and oxygen atoms in total. The van der Waals surface area contributed by atoms with E-state index in [1.807, 2.05) is 30.3 Å². The number of anilines is 1. The maximum Gasteiger partial charge on any atom is 0.430 e. The van der Waals surface area contributed by atoms with E-state index >= 15 is 0 Å². The van der Waals surface area contributed by atoms with Gasteiger partial charge in [-0.25, -0.2) is 0 Å². The van der Waals surface area contributed by atoms with Gasteiger partial charge in [0.25, 0.3) is 0 Å². The van der Waals surface area contributed by atoms with Crippen molar-refractivity contribution in [1.29, 1.82) is 0 Å². The standard InChI is InChI=1S/C27H30F3N3O/c1-2-19(12-15-24(31)27(28,29)30)16-17-33(26(34)25(32)21-9-4-3-5-10-21)23-14-13-20-8-6-7-11-22(20)18-23/h2-5,9-10,12-15,18,25H,1,6-8,11,16-17,31-32H2/b19-12+,24-15-/t25-/m0/s1. The number of amides is 1. The highest BCUT2D eigenvalue weighted by Crippen LogP contribution is 2.28. The van der Waals surface area contributed by atoms with Crippen LogP contribution in [0.1, 0.15) is 42.0 Å². The Morgan fingerprint density at radius 1 is 1.06 bits per heavy atom. The monoisotopic (exact) mass is 469 g/mol. The van der Waals surface area contributed by atoms with Crippen molar-refractivity contribution in [2.75, 3.05) is 11.4 Å². The fourth-order valence-corrected chi connectivity index (χ4v) is 4.01. The molecule has 34 heavy (non-hydrogen) atoms. The van der Waals surface area contributed by atoms with Crippen LogP contribution < -0.4 is 16.4 Å². The molecule has 2 aromatic rings. The van der Waals surface area contributed by atoms with Gasteiger partial charge in [0.15, 0.2) is 0 Å². The van der Waals surface area contributed by atoms with Crippen LogP contribution in [0.5, 0.6) is 0 Å². The Kier molecular flexibility index (Phi) is 8.34. The number of benzene rings is 2. The van der Waals surface area contributed by atoms with Crippen LogP contribution in [0, 0.1) is 0 Å². The van der Waals surface area contributed by atoms with E-state index in [1.54, 1.807) is 17.0 Å². The van der Waals surface area contributed by atoms with Crippen molar-refractivity contribution in [3.63, 3.8) is 0 Å². The third-order valence-corrected chi connectivity index (χ3v) is 6.03. The Bertz CT molecular complexity index is 1070. The Morgan fingerprint density at radius 2 is 1.74 bits per heavy atom. The summed E-state index contributed by atoms with van der Waals surface area (Å²) in [6.07, 6.45) is 3.47. The number of rotatable bonds is 8. The van der Waals surface area contributed by atoms with E-state index < -0.39 is 17.9 Å². The highest BCUT2D eigenvalue weighted by atomic mass is 19.4. The van der Waals surface area contributed by atoms with Crippen molar-refractivity contribution in [1.82, 2.24) is 0 Å². The average Bonchev–Trinajstić information content (AvgIpc) is 2.85. The van der Waals surface area contributed by atoms with Gasteiger partial charge in [-0.3, -0.25) is 4.79 Å². The summed E-state index contributed by atoms with van der Waals surface area (Å²) in [6, 6.07) is 14.2. The Morgan fingerprint density at radius 3 is 2.38 bits per heavy atom. The van der Waals surface area contributed by atoms with E-state index in [4.69, 9.17) is 11.5 Å². The highest BCUT2D eigenvalue weighted by molar-refractivity contribution is 5.97.